The van der Waals surface area contributed by atoms with Crippen LogP contribution < -0.4 is 4.74 Å². The van der Waals surface area contributed by atoms with Crippen LogP contribution >= 0.6 is 11.6 Å². The summed E-state index contributed by atoms with van der Waals surface area (Å²) in [6, 6.07) is 14.4. The third-order valence-electron chi connectivity index (χ3n) is 4.37. The number of benzene rings is 2. The molecule has 0 fully saturated rings. The third kappa shape index (κ3) is 7.40. The molecule has 6 nitrogen and oxygen atoms in total. The van der Waals surface area contributed by atoms with Crippen LogP contribution in [0.4, 0.5) is 0 Å². The van der Waals surface area contributed by atoms with Crippen LogP contribution in [0.25, 0.3) is 0 Å². The molecule has 1 amide bonds. The average Bonchev–Trinajstić information content (AvgIpc) is 2.72. The normalized spacial score (nSPS) is 11.7. The molecular formula is C22H26ClNO5. The first-order chi connectivity index (χ1) is 13.9. The van der Waals surface area contributed by atoms with Crippen molar-refractivity contribution in [1.29, 1.82) is 0 Å². The number of aliphatic carboxylic acids is 1. The fourth-order valence-electron chi connectivity index (χ4n) is 2.78. The van der Waals surface area contributed by atoms with E-state index in [0.29, 0.717) is 30.5 Å². The van der Waals surface area contributed by atoms with Gasteiger partial charge in [-0.15, -0.1) is 0 Å². The van der Waals surface area contributed by atoms with Gasteiger partial charge in [0, 0.05) is 31.1 Å². The van der Waals surface area contributed by atoms with Gasteiger partial charge >= 0.3 is 5.97 Å². The van der Waals surface area contributed by atoms with Crippen LogP contribution in [0.2, 0.25) is 5.02 Å². The Kier molecular flexibility index (Phi) is 8.96. The van der Waals surface area contributed by atoms with Crippen molar-refractivity contribution in [3.63, 3.8) is 0 Å². The molecule has 2 aromatic carbocycles. The molecule has 0 saturated carbocycles. The maximum atomic E-state index is 12.5. The van der Waals surface area contributed by atoms with Crippen LogP contribution in [0.3, 0.4) is 0 Å². The summed E-state index contributed by atoms with van der Waals surface area (Å²) >= 11 is 5.90. The standard InChI is InChI=1S/C22H26ClNO5/c1-3-24(14-17-5-9-18(23)10-6-17)21(25)15-29-19-11-7-16(8-12-19)13-20(22(26)27)28-4-2/h5-12,20H,3-4,13-15H2,1-2H3,(H,26,27). The first-order valence-corrected chi connectivity index (χ1v) is 9.89. The van der Waals surface area contributed by atoms with E-state index in [1.165, 1.54) is 0 Å². The lowest BCUT2D eigenvalue weighted by Gasteiger charge is -2.21. The van der Waals surface area contributed by atoms with Gasteiger partial charge in [-0.25, -0.2) is 4.79 Å². The SMILES string of the molecule is CCOC(Cc1ccc(OCC(=O)N(CC)Cc2ccc(Cl)cc2)cc1)C(=O)O. The second kappa shape index (κ2) is 11.4. The number of carboxylic acid groups (broad SMARTS) is 1. The minimum atomic E-state index is -0.988. The Morgan fingerprint density at radius 2 is 1.66 bits per heavy atom. The summed E-state index contributed by atoms with van der Waals surface area (Å²) in [5.74, 6) is -0.556. The molecule has 0 saturated heterocycles. The van der Waals surface area contributed by atoms with Crippen LogP contribution in [-0.4, -0.2) is 47.7 Å². The van der Waals surface area contributed by atoms with Gasteiger partial charge in [0.25, 0.3) is 5.91 Å². The van der Waals surface area contributed by atoms with Gasteiger partial charge in [0.05, 0.1) is 0 Å². The smallest absolute Gasteiger partial charge is 0.333 e. The number of amides is 1. The van der Waals surface area contributed by atoms with Crippen LogP contribution in [0.15, 0.2) is 48.5 Å². The second-order valence-corrected chi connectivity index (χ2v) is 6.89. The van der Waals surface area contributed by atoms with Gasteiger partial charge in [-0.2, -0.15) is 0 Å². The van der Waals surface area contributed by atoms with Crippen molar-refractivity contribution in [3.05, 3.63) is 64.7 Å². The van der Waals surface area contributed by atoms with E-state index in [1.54, 1.807) is 48.2 Å². The van der Waals surface area contributed by atoms with Crippen LogP contribution in [-0.2, 0) is 27.3 Å². The van der Waals surface area contributed by atoms with E-state index in [-0.39, 0.29) is 18.9 Å². The summed E-state index contributed by atoms with van der Waals surface area (Å²) in [4.78, 5) is 25.4. The zero-order valence-corrected chi connectivity index (χ0v) is 17.4. The lowest BCUT2D eigenvalue weighted by atomic mass is 10.1. The molecule has 2 aromatic rings. The summed E-state index contributed by atoms with van der Waals surface area (Å²) in [7, 11) is 0. The minimum Gasteiger partial charge on any atom is -0.484 e. The molecule has 0 spiro atoms. The zero-order chi connectivity index (χ0) is 21.2. The number of carbonyl (C=O) groups excluding carboxylic acids is 1. The molecule has 0 aromatic heterocycles. The van der Waals surface area contributed by atoms with Crippen molar-refractivity contribution in [2.75, 3.05) is 19.8 Å². The molecular weight excluding hydrogens is 394 g/mol. The molecule has 0 aliphatic carbocycles. The van der Waals surface area contributed by atoms with Gasteiger partial charge in [0.1, 0.15) is 5.75 Å². The van der Waals surface area contributed by atoms with Crippen molar-refractivity contribution in [3.8, 4) is 5.75 Å². The van der Waals surface area contributed by atoms with E-state index >= 15 is 0 Å². The number of rotatable bonds is 11. The Bertz CT molecular complexity index is 792. The number of carbonyl (C=O) groups is 2. The Labute approximate surface area is 176 Å². The molecule has 1 atom stereocenters. The Morgan fingerprint density at radius 1 is 1.03 bits per heavy atom. The Hall–Kier alpha value is -2.57. The summed E-state index contributed by atoms with van der Waals surface area (Å²) in [5.41, 5.74) is 1.82. The minimum absolute atomic E-state index is 0.0720. The number of nitrogens with zero attached hydrogens (tertiary/aromatic N) is 1. The molecule has 2 rings (SSSR count). The van der Waals surface area contributed by atoms with Crippen LogP contribution in [0, 0.1) is 0 Å². The zero-order valence-electron chi connectivity index (χ0n) is 16.6. The van der Waals surface area contributed by atoms with E-state index in [1.807, 2.05) is 19.1 Å². The summed E-state index contributed by atoms with van der Waals surface area (Å²) in [6.07, 6.45) is -0.605. The molecule has 7 heteroatoms. The highest BCUT2D eigenvalue weighted by Crippen LogP contribution is 2.16. The molecule has 1 N–H and O–H groups in total. The van der Waals surface area contributed by atoms with Crippen molar-refractivity contribution >= 4 is 23.5 Å². The summed E-state index contributed by atoms with van der Waals surface area (Å²) in [5, 5.41) is 9.82. The highest BCUT2D eigenvalue weighted by atomic mass is 35.5. The van der Waals surface area contributed by atoms with E-state index in [0.717, 1.165) is 11.1 Å². The molecule has 29 heavy (non-hydrogen) atoms. The topological polar surface area (TPSA) is 76.1 Å². The van der Waals surface area contributed by atoms with Gasteiger partial charge in [0.2, 0.25) is 0 Å². The van der Waals surface area contributed by atoms with E-state index in [2.05, 4.69) is 0 Å². The predicted molar refractivity (Wildman–Crippen MR) is 111 cm³/mol. The number of hydrogen-bond acceptors (Lipinski definition) is 4. The monoisotopic (exact) mass is 419 g/mol. The maximum Gasteiger partial charge on any atom is 0.333 e. The van der Waals surface area contributed by atoms with Gasteiger partial charge in [0.15, 0.2) is 12.7 Å². The first-order valence-electron chi connectivity index (χ1n) is 9.51. The van der Waals surface area contributed by atoms with Crippen LogP contribution in [0.5, 0.6) is 5.75 Å². The van der Waals surface area contributed by atoms with E-state index < -0.39 is 12.1 Å². The van der Waals surface area contributed by atoms with Crippen LogP contribution in [0.1, 0.15) is 25.0 Å². The van der Waals surface area contributed by atoms with Gasteiger partial charge < -0.3 is 19.5 Å². The van der Waals surface area contributed by atoms with Crippen molar-refractivity contribution < 1.29 is 24.2 Å². The van der Waals surface area contributed by atoms with Gasteiger partial charge in [-0.3, -0.25) is 4.79 Å². The van der Waals surface area contributed by atoms with Crippen molar-refractivity contribution in [2.24, 2.45) is 0 Å². The molecule has 0 radical (unpaired) electrons. The number of hydrogen-bond donors (Lipinski definition) is 1. The molecule has 0 bridgehead atoms. The Morgan fingerprint density at radius 3 is 2.21 bits per heavy atom. The second-order valence-electron chi connectivity index (χ2n) is 6.45. The van der Waals surface area contributed by atoms with Crippen molar-refractivity contribution in [2.45, 2.75) is 32.9 Å². The molecule has 0 heterocycles. The number of carboxylic acids is 1. The molecule has 156 valence electrons. The lowest BCUT2D eigenvalue weighted by molar-refractivity contribution is -0.150. The number of likely N-dealkylation sites (N-methyl/N-ethyl adjacent to an activating group) is 1. The van der Waals surface area contributed by atoms with Crippen molar-refractivity contribution in [1.82, 2.24) is 4.90 Å². The fraction of sp³-hybridized carbons (Fsp3) is 0.364. The Balaban J connectivity index is 1.88. The molecule has 0 aliphatic heterocycles. The lowest BCUT2D eigenvalue weighted by Crippen LogP contribution is -2.34. The third-order valence-corrected chi connectivity index (χ3v) is 4.62. The number of halogens is 1. The van der Waals surface area contributed by atoms with E-state index in [4.69, 9.17) is 26.2 Å². The van der Waals surface area contributed by atoms with E-state index in [9.17, 15) is 9.59 Å². The predicted octanol–water partition coefficient (Wildman–Crippen LogP) is 3.80. The summed E-state index contributed by atoms with van der Waals surface area (Å²) < 4.78 is 10.8. The summed E-state index contributed by atoms with van der Waals surface area (Å²) in [6.45, 7) is 5.00. The first kappa shape index (κ1) is 22.7. The number of ether oxygens (including phenoxy) is 2. The highest BCUT2D eigenvalue weighted by molar-refractivity contribution is 6.30. The molecule has 0 aliphatic rings. The van der Waals surface area contributed by atoms with Gasteiger partial charge in [-0.05, 0) is 49.2 Å². The maximum absolute atomic E-state index is 12.5. The fourth-order valence-corrected chi connectivity index (χ4v) is 2.90. The quantitative estimate of drug-likeness (QED) is 0.599. The highest BCUT2D eigenvalue weighted by Gasteiger charge is 2.18. The molecule has 1 unspecified atom stereocenters. The largest absolute Gasteiger partial charge is 0.484 e. The van der Waals surface area contributed by atoms with Gasteiger partial charge in [-0.1, -0.05) is 35.9 Å². The average molecular weight is 420 g/mol.